The number of rotatable bonds is 4. The first-order valence-corrected chi connectivity index (χ1v) is 11.9. The highest BCUT2D eigenvalue weighted by atomic mass is 35.5. The first-order chi connectivity index (χ1) is 17.3. The summed E-state index contributed by atoms with van der Waals surface area (Å²) >= 11 is 7.76. The number of H-pyrrole nitrogens is 2. The third kappa shape index (κ3) is 4.00. The van der Waals surface area contributed by atoms with Crippen LogP contribution in [0.25, 0.3) is 42.2 Å². The predicted octanol–water partition coefficient (Wildman–Crippen LogP) is 3.92. The van der Waals surface area contributed by atoms with E-state index in [-0.39, 0.29) is 27.9 Å². The third-order valence-corrected chi connectivity index (χ3v) is 7.07. The van der Waals surface area contributed by atoms with Gasteiger partial charge in [-0.3, -0.25) is 35.2 Å². The van der Waals surface area contributed by atoms with Gasteiger partial charge < -0.3 is 11.1 Å². The Morgan fingerprint density at radius 1 is 0.972 bits per heavy atom. The highest BCUT2D eigenvalue weighted by Crippen LogP contribution is 2.38. The van der Waals surface area contributed by atoms with Crippen LogP contribution in [0.4, 0.5) is 21.6 Å². The minimum Gasteiger partial charge on any atom is -0.375 e. The minimum absolute atomic E-state index is 0.0558. The average molecular weight is 547 g/mol. The number of aromatic nitrogens is 6. The van der Waals surface area contributed by atoms with E-state index >= 15 is 0 Å². The van der Waals surface area contributed by atoms with E-state index in [1.807, 2.05) is 0 Å². The van der Waals surface area contributed by atoms with Gasteiger partial charge in [-0.05, 0) is 0 Å². The van der Waals surface area contributed by atoms with E-state index in [1.54, 1.807) is 12.4 Å². The number of anilines is 2. The number of non-ortho nitro benzene ring substituents is 2. The number of carbonyl (C=O) groups excluding carboxylic acids is 1. The number of nitrogens with two attached hydrogens (primary N) is 1. The number of nitrogens with one attached hydrogen (secondary N) is 3. The molecule has 6 aromatic rings. The van der Waals surface area contributed by atoms with Crippen LogP contribution in [0.1, 0.15) is 0 Å². The van der Waals surface area contributed by atoms with Gasteiger partial charge >= 0.3 is 0 Å². The number of alkyl halides is 1. The minimum atomic E-state index is -0.518. The summed E-state index contributed by atoms with van der Waals surface area (Å²) in [6.07, 6.45) is 3.17. The number of amides is 1. The Labute approximate surface area is 210 Å². The second-order valence-electron chi connectivity index (χ2n) is 7.08. The molecule has 0 fully saturated rings. The lowest BCUT2D eigenvalue weighted by atomic mass is 10.2. The Hall–Kier alpha value is -4.48. The number of halogens is 1. The van der Waals surface area contributed by atoms with Gasteiger partial charge in [-0.1, -0.05) is 22.7 Å². The van der Waals surface area contributed by atoms with Crippen LogP contribution in [-0.2, 0) is 4.79 Å². The fraction of sp³-hybridized carbons (Fsp3) is 0.0556. The molecule has 0 spiro atoms. The SMILES string of the molecule is Nc1nc2c([N+](=O)[O-])cc3[nH]ncc3c2s1.O=C(CCl)Nc1nc2c([N+](=O)[O-])cc3[nH]ncc3c2s1. The predicted molar refractivity (Wildman–Crippen MR) is 136 cm³/mol. The summed E-state index contributed by atoms with van der Waals surface area (Å²) < 4.78 is 1.28. The number of hydrogen-bond donors (Lipinski definition) is 4. The summed E-state index contributed by atoms with van der Waals surface area (Å²) in [5.74, 6) is -0.629. The molecule has 0 radical (unpaired) electrons. The Kier molecular flexibility index (Phi) is 5.78. The van der Waals surface area contributed by atoms with Crippen molar-refractivity contribution in [3.8, 4) is 0 Å². The van der Waals surface area contributed by atoms with Crippen LogP contribution < -0.4 is 11.1 Å². The zero-order valence-corrected chi connectivity index (χ0v) is 19.9. The van der Waals surface area contributed by atoms with Crippen LogP contribution in [0.2, 0.25) is 0 Å². The summed E-state index contributed by atoms with van der Waals surface area (Å²) in [6, 6.07) is 2.79. The van der Waals surface area contributed by atoms with E-state index in [9.17, 15) is 25.0 Å². The molecule has 2 aromatic carbocycles. The molecule has 6 rings (SSSR count). The van der Waals surface area contributed by atoms with Crippen molar-refractivity contribution < 1.29 is 14.6 Å². The van der Waals surface area contributed by atoms with Gasteiger partial charge in [0.25, 0.3) is 11.4 Å². The number of nitro groups is 2. The van der Waals surface area contributed by atoms with Crippen molar-refractivity contribution in [3.63, 3.8) is 0 Å². The summed E-state index contributed by atoms with van der Waals surface area (Å²) in [7, 11) is 0. The molecule has 18 heteroatoms. The van der Waals surface area contributed by atoms with Gasteiger partial charge in [-0.25, -0.2) is 9.97 Å². The van der Waals surface area contributed by atoms with Crippen LogP contribution >= 0.6 is 34.3 Å². The molecular formula is C18H11ClN10O5S2. The van der Waals surface area contributed by atoms with E-state index in [1.165, 1.54) is 23.5 Å². The zero-order valence-electron chi connectivity index (χ0n) is 17.5. The lowest BCUT2D eigenvalue weighted by molar-refractivity contribution is -0.383. The third-order valence-electron chi connectivity index (χ3n) is 4.91. The summed E-state index contributed by atoms with van der Waals surface area (Å²) in [5, 5.41) is 39.7. The molecule has 0 aliphatic carbocycles. The van der Waals surface area contributed by atoms with Gasteiger partial charge in [0.05, 0.1) is 42.7 Å². The van der Waals surface area contributed by atoms with E-state index in [4.69, 9.17) is 17.3 Å². The van der Waals surface area contributed by atoms with E-state index in [0.29, 0.717) is 31.1 Å². The van der Waals surface area contributed by atoms with E-state index in [0.717, 1.165) is 22.1 Å². The molecular weight excluding hydrogens is 536 g/mol. The first kappa shape index (κ1) is 23.3. The second kappa shape index (κ2) is 8.95. The number of aromatic amines is 2. The van der Waals surface area contributed by atoms with Crippen LogP contribution in [0.5, 0.6) is 0 Å². The number of thiazole rings is 2. The molecule has 4 aromatic heterocycles. The Morgan fingerprint density at radius 2 is 1.50 bits per heavy atom. The molecule has 1 amide bonds. The van der Waals surface area contributed by atoms with Crippen molar-refractivity contribution in [2.75, 3.05) is 16.9 Å². The number of nitrogen functional groups attached to an aromatic ring is 1. The molecule has 0 bridgehead atoms. The molecule has 36 heavy (non-hydrogen) atoms. The van der Waals surface area contributed by atoms with Crippen LogP contribution in [0.3, 0.4) is 0 Å². The maximum absolute atomic E-state index is 11.3. The maximum atomic E-state index is 11.3. The number of benzene rings is 2. The van der Waals surface area contributed by atoms with Crippen LogP contribution in [0, 0.1) is 20.2 Å². The average Bonchev–Trinajstić information content (AvgIpc) is 3.61. The van der Waals surface area contributed by atoms with Crippen LogP contribution in [0.15, 0.2) is 24.5 Å². The fourth-order valence-electron chi connectivity index (χ4n) is 3.44. The van der Waals surface area contributed by atoms with Gasteiger partial charge in [-0.15, -0.1) is 11.6 Å². The Bertz CT molecular complexity index is 1820. The van der Waals surface area contributed by atoms with E-state index < -0.39 is 15.8 Å². The molecule has 0 atom stereocenters. The largest absolute Gasteiger partial charge is 0.375 e. The second-order valence-corrected chi connectivity index (χ2v) is 9.37. The Balaban J connectivity index is 0.000000152. The van der Waals surface area contributed by atoms with E-state index in [2.05, 4.69) is 35.7 Å². The molecule has 0 aliphatic heterocycles. The van der Waals surface area contributed by atoms with Gasteiger partial charge in [0, 0.05) is 22.9 Å². The summed E-state index contributed by atoms with van der Waals surface area (Å²) in [5.41, 5.74) is 7.08. The number of fused-ring (bicyclic) bond motifs is 6. The standard InChI is InChI=1S/C10H6ClN5O3S.C8H5N5O2S/c11-2-7(17)13-10-14-8-6(16(18)19)1-5-4(3-12-15-5)9(8)20-10;9-8-11-6-5(13(14)15)1-4-3(2-10-12-4)7(6)16-8/h1,3H,2H2,(H,12,15)(H,13,14,17);1-2H,(H2,9,11)(H,10,12). The van der Waals surface area contributed by atoms with Crippen molar-refractivity contribution in [2.24, 2.45) is 0 Å². The summed E-state index contributed by atoms with van der Waals surface area (Å²) in [4.78, 5) is 40.3. The smallest absolute Gasteiger partial charge is 0.298 e. The molecule has 0 aliphatic rings. The van der Waals surface area contributed by atoms with Gasteiger partial charge in [0.2, 0.25) is 5.91 Å². The van der Waals surface area contributed by atoms with Crippen LogP contribution in [-0.4, -0.2) is 52.0 Å². The molecule has 4 heterocycles. The lowest BCUT2D eigenvalue weighted by Crippen LogP contribution is -2.12. The maximum Gasteiger partial charge on any atom is 0.298 e. The number of nitrogens with zero attached hydrogens (tertiary/aromatic N) is 6. The monoisotopic (exact) mass is 546 g/mol. The van der Waals surface area contributed by atoms with Crippen molar-refractivity contribution in [1.29, 1.82) is 0 Å². The topological polar surface area (TPSA) is 225 Å². The molecule has 5 N–H and O–H groups in total. The van der Waals surface area contributed by atoms with Crippen molar-refractivity contribution in [3.05, 3.63) is 44.8 Å². The molecule has 182 valence electrons. The van der Waals surface area contributed by atoms with Crippen molar-refractivity contribution in [2.45, 2.75) is 0 Å². The van der Waals surface area contributed by atoms with Crippen molar-refractivity contribution in [1.82, 2.24) is 30.4 Å². The normalized spacial score (nSPS) is 11.1. The zero-order chi connectivity index (χ0) is 25.6. The number of carbonyl (C=O) groups is 1. The fourth-order valence-corrected chi connectivity index (χ4v) is 5.38. The van der Waals surface area contributed by atoms with Crippen molar-refractivity contribution >= 4 is 104 Å². The molecule has 0 saturated carbocycles. The highest BCUT2D eigenvalue weighted by molar-refractivity contribution is 7.23. The summed E-state index contributed by atoms with van der Waals surface area (Å²) in [6.45, 7) is 0. The lowest BCUT2D eigenvalue weighted by Gasteiger charge is -1.94. The molecule has 0 unspecified atom stereocenters. The number of hydrogen-bond acceptors (Lipinski definition) is 12. The Morgan fingerprint density at radius 3 is 2.03 bits per heavy atom. The van der Waals surface area contributed by atoms with Gasteiger partial charge in [0.15, 0.2) is 21.3 Å². The molecule has 0 saturated heterocycles. The number of nitro benzene ring substituents is 2. The highest BCUT2D eigenvalue weighted by Gasteiger charge is 2.22. The van der Waals surface area contributed by atoms with Gasteiger partial charge in [-0.2, -0.15) is 10.2 Å². The van der Waals surface area contributed by atoms with Gasteiger partial charge in [0.1, 0.15) is 5.88 Å². The molecule has 15 nitrogen and oxygen atoms in total. The first-order valence-electron chi connectivity index (χ1n) is 9.70. The quantitative estimate of drug-likeness (QED) is 0.141.